The van der Waals surface area contributed by atoms with Gasteiger partial charge in [-0.3, -0.25) is 0 Å². The predicted octanol–water partition coefficient (Wildman–Crippen LogP) is -0.580. The number of rotatable bonds is 8. The average molecular weight is 460 g/mol. The molecule has 27 heavy (non-hydrogen) atoms. The summed E-state index contributed by atoms with van der Waals surface area (Å²) in [7, 11) is 0. The number of carboxylic acids is 1. The van der Waals surface area contributed by atoms with Crippen LogP contribution in [0, 0.1) is 0 Å². The van der Waals surface area contributed by atoms with Crippen LogP contribution in [0.3, 0.4) is 0 Å². The van der Waals surface area contributed by atoms with E-state index >= 15 is 0 Å². The second-order valence-corrected chi connectivity index (χ2v) is 8.31. The summed E-state index contributed by atoms with van der Waals surface area (Å²) in [5.41, 5.74) is 6.79. The van der Waals surface area contributed by atoms with Crippen LogP contribution in [0.5, 0.6) is 0 Å². The van der Waals surface area contributed by atoms with Gasteiger partial charge in [-0.15, -0.1) is 0 Å². The van der Waals surface area contributed by atoms with Crippen LogP contribution in [0.25, 0.3) is 11.2 Å². The summed E-state index contributed by atoms with van der Waals surface area (Å²) in [4.78, 5) is 23.3. The van der Waals surface area contributed by atoms with Crippen molar-refractivity contribution in [3.63, 3.8) is 0 Å². The molecule has 2 aromatic rings. The SMILES string of the molecule is CSCC[C@H](NC[C@H]1O[C@@H](n2cnc3c(N)ncnc32)[C@H]([Se])[C@@H]1O)C(=O)O. The van der Waals surface area contributed by atoms with E-state index < -0.39 is 30.4 Å². The topological polar surface area (TPSA) is 148 Å². The van der Waals surface area contributed by atoms with Crippen LogP contribution in [0.2, 0.25) is 4.82 Å². The fourth-order valence-electron chi connectivity index (χ4n) is 2.97. The summed E-state index contributed by atoms with van der Waals surface area (Å²) in [5, 5.41) is 22.8. The monoisotopic (exact) mass is 461 g/mol. The first-order valence-electron chi connectivity index (χ1n) is 8.31. The van der Waals surface area contributed by atoms with Gasteiger partial charge in [0.1, 0.15) is 0 Å². The van der Waals surface area contributed by atoms with Gasteiger partial charge in [0.25, 0.3) is 0 Å². The number of nitrogens with one attached hydrogen (secondary N) is 1. The van der Waals surface area contributed by atoms with Gasteiger partial charge >= 0.3 is 168 Å². The van der Waals surface area contributed by atoms with Crippen LogP contribution in [-0.2, 0) is 9.53 Å². The summed E-state index contributed by atoms with van der Waals surface area (Å²) in [6.07, 6.45) is 3.39. The van der Waals surface area contributed by atoms with E-state index in [1.54, 1.807) is 22.7 Å². The van der Waals surface area contributed by atoms with Crippen LogP contribution < -0.4 is 11.1 Å². The molecule has 5 atom stereocenters. The van der Waals surface area contributed by atoms with Gasteiger partial charge in [-0.2, -0.15) is 0 Å². The molecule has 3 heterocycles. The molecule has 0 aromatic carbocycles. The Labute approximate surface area is 168 Å². The predicted molar refractivity (Wildman–Crippen MR) is 102 cm³/mol. The number of aliphatic hydroxyl groups is 1. The van der Waals surface area contributed by atoms with Gasteiger partial charge < -0.3 is 0 Å². The Bertz CT molecular complexity index is 808. The summed E-state index contributed by atoms with van der Waals surface area (Å²) < 4.78 is 7.69. The molecule has 1 aliphatic rings. The van der Waals surface area contributed by atoms with Crippen molar-refractivity contribution >= 4 is 50.7 Å². The Hall–Kier alpha value is -1.43. The molecule has 0 amide bonds. The minimum atomic E-state index is -0.916. The van der Waals surface area contributed by atoms with Crippen molar-refractivity contribution in [2.24, 2.45) is 0 Å². The molecule has 0 aliphatic carbocycles. The van der Waals surface area contributed by atoms with Crippen molar-refractivity contribution in [3.8, 4) is 0 Å². The zero-order chi connectivity index (χ0) is 19.6. The molecule has 1 radical (unpaired) electrons. The number of ether oxygens (including phenoxy) is 1. The molecule has 147 valence electrons. The zero-order valence-corrected chi connectivity index (χ0v) is 17.1. The second-order valence-electron chi connectivity index (χ2n) is 6.18. The first-order chi connectivity index (χ1) is 12.9. The van der Waals surface area contributed by atoms with Gasteiger partial charge in [0.2, 0.25) is 0 Å². The minimum absolute atomic E-state index is 0.213. The van der Waals surface area contributed by atoms with Crippen LogP contribution in [-0.4, -0.2) is 88.5 Å². The maximum atomic E-state index is 11.4. The molecule has 0 bridgehead atoms. The Kier molecular flexibility index (Phi) is 6.56. The van der Waals surface area contributed by atoms with E-state index in [-0.39, 0.29) is 17.2 Å². The molecule has 2 aromatic heterocycles. The maximum absolute atomic E-state index is 11.4. The van der Waals surface area contributed by atoms with Crippen molar-refractivity contribution in [2.45, 2.75) is 35.7 Å². The molecule has 0 spiro atoms. The van der Waals surface area contributed by atoms with Gasteiger partial charge in [-0.25, -0.2) is 0 Å². The summed E-state index contributed by atoms with van der Waals surface area (Å²) in [6, 6.07) is -0.687. The number of nitrogens with zero attached hydrogens (tertiary/aromatic N) is 4. The number of hydrogen-bond acceptors (Lipinski definition) is 9. The van der Waals surface area contributed by atoms with E-state index in [1.807, 2.05) is 6.26 Å². The molecule has 10 nitrogen and oxygen atoms in total. The molecular weight excluding hydrogens is 439 g/mol. The van der Waals surface area contributed by atoms with E-state index in [2.05, 4.69) is 36.3 Å². The normalized spacial score (nSPS) is 26.5. The van der Waals surface area contributed by atoms with Gasteiger partial charge in [-0.1, -0.05) is 0 Å². The number of imidazole rings is 1. The molecule has 1 saturated heterocycles. The second kappa shape index (κ2) is 8.72. The van der Waals surface area contributed by atoms with Crippen molar-refractivity contribution in [1.82, 2.24) is 24.8 Å². The zero-order valence-electron chi connectivity index (χ0n) is 14.6. The molecule has 0 unspecified atom stereocenters. The molecule has 5 N–H and O–H groups in total. The number of carboxylic acid groups (broad SMARTS) is 1. The van der Waals surface area contributed by atoms with Crippen molar-refractivity contribution in [3.05, 3.63) is 12.7 Å². The van der Waals surface area contributed by atoms with Crippen LogP contribution in [0.15, 0.2) is 12.7 Å². The third-order valence-corrected chi connectivity index (χ3v) is 6.17. The summed E-state index contributed by atoms with van der Waals surface area (Å²) >= 11 is 4.52. The molecule has 12 heteroatoms. The van der Waals surface area contributed by atoms with E-state index in [0.29, 0.717) is 17.6 Å². The Morgan fingerprint density at radius 2 is 2.30 bits per heavy atom. The van der Waals surface area contributed by atoms with Gasteiger partial charge in [-0.05, 0) is 0 Å². The number of anilines is 1. The molecule has 1 aliphatic heterocycles. The van der Waals surface area contributed by atoms with Crippen LogP contribution in [0.1, 0.15) is 12.6 Å². The van der Waals surface area contributed by atoms with Gasteiger partial charge in [0.15, 0.2) is 0 Å². The number of aliphatic carboxylic acids is 1. The Morgan fingerprint density at radius 3 is 3.00 bits per heavy atom. The third kappa shape index (κ3) is 4.20. The fourth-order valence-corrected chi connectivity index (χ4v) is 4.22. The van der Waals surface area contributed by atoms with E-state index in [1.165, 1.54) is 6.33 Å². The molecule has 0 saturated carbocycles. The van der Waals surface area contributed by atoms with E-state index in [0.717, 1.165) is 5.75 Å². The van der Waals surface area contributed by atoms with Crippen molar-refractivity contribution < 1.29 is 19.7 Å². The number of nitrogen functional groups attached to an aromatic ring is 1. The van der Waals surface area contributed by atoms with Gasteiger partial charge in [0, 0.05) is 0 Å². The Balaban J connectivity index is 1.71. The quantitative estimate of drug-likeness (QED) is 0.377. The van der Waals surface area contributed by atoms with Crippen molar-refractivity contribution in [1.29, 1.82) is 0 Å². The Morgan fingerprint density at radius 1 is 1.52 bits per heavy atom. The first-order valence-corrected chi connectivity index (χ1v) is 10.7. The first kappa shape index (κ1) is 20.3. The molecule has 3 rings (SSSR count). The third-order valence-electron chi connectivity index (χ3n) is 4.45. The number of fused-ring (bicyclic) bond motifs is 1. The fraction of sp³-hybridized carbons (Fsp3) is 0.600. The number of hydrogen-bond donors (Lipinski definition) is 4. The molecule has 1 fully saturated rings. The van der Waals surface area contributed by atoms with E-state index in [4.69, 9.17) is 10.5 Å². The standard InChI is InChI=1S/C15H21N6O4SSe/c1-26-3-2-7(15(23)24)17-4-8-10(22)11(27)14(25-8)21-6-20-9-12(16)18-5-19-13(9)21/h5-8,10-11,14,17,22H,2-4H2,1H3,(H,23,24)(H2,16,18,19)/t7-,8+,10+,11+,14+/m0/s1. The van der Waals surface area contributed by atoms with Gasteiger partial charge in [0.05, 0.1) is 0 Å². The van der Waals surface area contributed by atoms with Crippen molar-refractivity contribution in [2.75, 3.05) is 24.3 Å². The van der Waals surface area contributed by atoms with Crippen LogP contribution in [0.4, 0.5) is 5.82 Å². The number of carbonyl (C=O) groups is 1. The molecular formula is C15H21N6O4SSe. The summed E-state index contributed by atoms with van der Waals surface area (Å²) in [5.74, 6) is 0.0817. The van der Waals surface area contributed by atoms with Crippen LogP contribution >= 0.6 is 11.8 Å². The summed E-state index contributed by atoms with van der Waals surface area (Å²) in [6.45, 7) is 0.213. The number of nitrogens with two attached hydrogens (primary N) is 1. The number of aliphatic hydroxyl groups excluding tert-OH is 1. The number of thioether (sulfide) groups is 1. The van der Waals surface area contributed by atoms with E-state index in [9.17, 15) is 15.0 Å². The number of aromatic nitrogens is 4. The average Bonchev–Trinajstić information content (AvgIpc) is 3.18.